The zero-order chi connectivity index (χ0) is 24.7. The number of halogens is 2. The third-order valence-corrected chi connectivity index (χ3v) is 5.30. The number of nitrogens with zero attached hydrogens (tertiary/aromatic N) is 2. The average Bonchev–Trinajstić information content (AvgIpc) is 2.80. The number of anilines is 3. The summed E-state index contributed by atoms with van der Waals surface area (Å²) in [6.45, 7) is 0.185. The first-order valence-electron chi connectivity index (χ1n) is 10.5. The molecular formula is C23H25ClFN5O4. The normalized spacial score (nSPS) is 10.8. The first-order valence-corrected chi connectivity index (χ1v) is 10.8. The fraction of sp³-hybridized carbons (Fsp3) is 0.261. The number of ether oxygens (including phenoxy) is 1. The van der Waals surface area contributed by atoms with E-state index in [1.807, 2.05) is 30.3 Å². The van der Waals surface area contributed by atoms with Gasteiger partial charge in [-0.2, -0.15) is 0 Å². The second-order valence-corrected chi connectivity index (χ2v) is 7.87. The van der Waals surface area contributed by atoms with Crippen LogP contribution >= 0.6 is 11.6 Å². The first kappa shape index (κ1) is 25.0. The van der Waals surface area contributed by atoms with E-state index < -0.39 is 23.0 Å². The Morgan fingerprint density at radius 2 is 1.97 bits per heavy atom. The van der Waals surface area contributed by atoms with Gasteiger partial charge in [0.1, 0.15) is 11.6 Å². The second kappa shape index (κ2) is 11.5. The monoisotopic (exact) mass is 489 g/mol. The molecule has 3 rings (SSSR count). The van der Waals surface area contributed by atoms with Crippen LogP contribution < -0.4 is 27.2 Å². The van der Waals surface area contributed by atoms with E-state index in [4.69, 9.17) is 22.1 Å². The summed E-state index contributed by atoms with van der Waals surface area (Å²) in [5.74, 6) is -1.33. The number of hydrogen-bond donors (Lipinski definition) is 3. The van der Waals surface area contributed by atoms with Crippen LogP contribution in [0.3, 0.4) is 0 Å². The summed E-state index contributed by atoms with van der Waals surface area (Å²) in [6, 6.07) is 13.1. The molecule has 0 radical (unpaired) electrons. The predicted molar refractivity (Wildman–Crippen MR) is 130 cm³/mol. The highest BCUT2D eigenvalue weighted by Gasteiger charge is 2.24. The topological polar surface area (TPSA) is 122 Å². The minimum absolute atomic E-state index is 0.0746. The van der Waals surface area contributed by atoms with Crippen molar-refractivity contribution in [3.63, 3.8) is 0 Å². The molecule has 1 aromatic heterocycles. The molecule has 0 spiro atoms. The molecule has 0 bridgehead atoms. The first-order chi connectivity index (χ1) is 16.3. The number of nitrogens with two attached hydrogens (primary N) is 1. The molecule has 0 aliphatic heterocycles. The Morgan fingerprint density at radius 3 is 2.65 bits per heavy atom. The van der Waals surface area contributed by atoms with Crippen molar-refractivity contribution >= 4 is 34.7 Å². The molecule has 34 heavy (non-hydrogen) atoms. The smallest absolute Gasteiger partial charge is 0.330 e. The fourth-order valence-corrected chi connectivity index (χ4v) is 3.55. The van der Waals surface area contributed by atoms with Gasteiger partial charge in [0.15, 0.2) is 5.69 Å². The van der Waals surface area contributed by atoms with E-state index in [0.717, 1.165) is 11.6 Å². The number of aromatic nitrogens is 2. The quantitative estimate of drug-likeness (QED) is 0.376. The Bertz CT molecular complexity index is 1260. The molecule has 1 amide bonds. The molecule has 1 heterocycles. The van der Waals surface area contributed by atoms with E-state index in [0.29, 0.717) is 13.0 Å². The van der Waals surface area contributed by atoms with E-state index in [-0.39, 0.29) is 41.8 Å². The Balaban J connectivity index is 1.94. The van der Waals surface area contributed by atoms with Crippen LogP contribution in [0.25, 0.3) is 0 Å². The number of amides is 1. The van der Waals surface area contributed by atoms with Crippen LogP contribution in [0, 0.1) is 5.82 Å². The van der Waals surface area contributed by atoms with Crippen molar-refractivity contribution in [2.75, 3.05) is 42.8 Å². The molecule has 0 saturated heterocycles. The lowest BCUT2D eigenvalue weighted by atomic mass is 10.2. The molecule has 0 atom stereocenters. The van der Waals surface area contributed by atoms with Crippen LogP contribution in [0.5, 0.6) is 0 Å². The summed E-state index contributed by atoms with van der Waals surface area (Å²) >= 11 is 5.77. The van der Waals surface area contributed by atoms with Crippen LogP contribution in [0.2, 0.25) is 5.02 Å². The Labute approximate surface area is 199 Å². The Morgan fingerprint density at radius 1 is 1.24 bits per heavy atom. The lowest BCUT2D eigenvalue weighted by Crippen LogP contribution is -2.44. The fourth-order valence-electron chi connectivity index (χ4n) is 3.39. The van der Waals surface area contributed by atoms with Gasteiger partial charge >= 0.3 is 5.69 Å². The maximum Gasteiger partial charge on any atom is 0.330 e. The highest BCUT2D eigenvalue weighted by Crippen LogP contribution is 2.21. The maximum atomic E-state index is 14.1. The van der Waals surface area contributed by atoms with Gasteiger partial charge in [-0.1, -0.05) is 41.9 Å². The molecule has 3 aromatic rings. The van der Waals surface area contributed by atoms with Gasteiger partial charge in [-0.25, -0.2) is 9.18 Å². The molecule has 11 heteroatoms. The number of aromatic amines is 1. The Kier molecular flexibility index (Phi) is 8.44. The number of methoxy groups -OCH3 is 1. The molecule has 0 unspecified atom stereocenters. The van der Waals surface area contributed by atoms with Crippen LogP contribution in [0.4, 0.5) is 21.6 Å². The number of rotatable bonds is 10. The molecule has 4 N–H and O–H groups in total. The third kappa shape index (κ3) is 6.03. The van der Waals surface area contributed by atoms with Gasteiger partial charge in [0.25, 0.3) is 5.56 Å². The zero-order valence-electron chi connectivity index (χ0n) is 18.5. The van der Waals surface area contributed by atoms with Gasteiger partial charge < -0.3 is 20.7 Å². The molecular weight excluding hydrogens is 465 g/mol. The van der Waals surface area contributed by atoms with Crippen molar-refractivity contribution in [1.82, 2.24) is 9.55 Å². The summed E-state index contributed by atoms with van der Waals surface area (Å²) in [4.78, 5) is 41.8. The zero-order valence-corrected chi connectivity index (χ0v) is 19.3. The van der Waals surface area contributed by atoms with Crippen LogP contribution in [-0.2, 0) is 16.1 Å². The van der Waals surface area contributed by atoms with Crippen molar-refractivity contribution in [1.29, 1.82) is 0 Å². The number of carbonyl (C=O) groups is 1. The van der Waals surface area contributed by atoms with E-state index >= 15 is 0 Å². The molecule has 0 aliphatic carbocycles. The van der Waals surface area contributed by atoms with Crippen molar-refractivity contribution in [2.24, 2.45) is 0 Å². The maximum absolute atomic E-state index is 14.1. The number of nitrogens with one attached hydrogen (secondary N) is 2. The Hall–Kier alpha value is -3.63. The van der Waals surface area contributed by atoms with Gasteiger partial charge in [0.05, 0.1) is 18.8 Å². The van der Waals surface area contributed by atoms with Gasteiger partial charge in [0, 0.05) is 25.3 Å². The molecule has 9 nitrogen and oxygen atoms in total. The second-order valence-electron chi connectivity index (χ2n) is 7.43. The van der Waals surface area contributed by atoms with E-state index in [1.54, 1.807) is 0 Å². The van der Waals surface area contributed by atoms with Crippen LogP contribution in [0.15, 0.2) is 58.1 Å². The number of hydrogen-bond acceptors (Lipinski definition) is 6. The molecule has 2 aromatic carbocycles. The van der Waals surface area contributed by atoms with Crippen LogP contribution in [0.1, 0.15) is 12.0 Å². The molecule has 180 valence electrons. The number of benzene rings is 2. The van der Waals surface area contributed by atoms with Crippen molar-refractivity contribution in [3.8, 4) is 0 Å². The van der Waals surface area contributed by atoms with Crippen LogP contribution in [-0.4, -0.2) is 42.3 Å². The van der Waals surface area contributed by atoms with E-state index in [2.05, 4.69) is 10.3 Å². The summed E-state index contributed by atoms with van der Waals surface area (Å²) in [5.41, 5.74) is 5.46. The van der Waals surface area contributed by atoms with Crippen molar-refractivity contribution < 1.29 is 13.9 Å². The van der Waals surface area contributed by atoms with E-state index in [1.165, 1.54) is 28.7 Å². The predicted octanol–water partition coefficient (Wildman–Crippen LogP) is 2.44. The summed E-state index contributed by atoms with van der Waals surface area (Å²) < 4.78 is 20.4. The molecule has 0 fully saturated rings. The van der Waals surface area contributed by atoms with E-state index in [9.17, 15) is 18.8 Å². The van der Waals surface area contributed by atoms with Gasteiger partial charge in [-0.05, 0) is 30.2 Å². The van der Waals surface area contributed by atoms with Crippen molar-refractivity contribution in [3.05, 3.63) is 85.8 Å². The lowest BCUT2D eigenvalue weighted by molar-refractivity contribution is -0.117. The largest absolute Gasteiger partial charge is 0.385 e. The molecule has 0 saturated carbocycles. The van der Waals surface area contributed by atoms with Gasteiger partial charge in [-0.3, -0.25) is 19.1 Å². The third-order valence-electron chi connectivity index (χ3n) is 5.06. The highest BCUT2D eigenvalue weighted by atomic mass is 35.5. The minimum atomic E-state index is -0.796. The average molecular weight is 490 g/mol. The SMILES string of the molecule is COCCCN(C(=O)CNc1ccc(Cl)cc1F)c1c(N)n(Cc2ccccc2)c(=O)[nH]c1=O. The summed E-state index contributed by atoms with van der Waals surface area (Å²) in [7, 11) is 1.51. The van der Waals surface area contributed by atoms with Crippen molar-refractivity contribution in [2.45, 2.75) is 13.0 Å². The minimum Gasteiger partial charge on any atom is -0.385 e. The van der Waals surface area contributed by atoms with Gasteiger partial charge in [-0.15, -0.1) is 0 Å². The lowest BCUT2D eigenvalue weighted by Gasteiger charge is -2.25. The number of carbonyl (C=O) groups excluding carboxylic acids is 1. The number of nitrogen functional groups attached to an aromatic ring is 1. The molecule has 0 aliphatic rings. The standard InChI is InChI=1S/C23H25ClFN5O4/c1-34-11-5-10-29(19(31)13-27-18-9-8-16(24)12-17(18)25)20-21(26)30(23(33)28-22(20)32)14-15-6-3-2-4-7-15/h2-4,6-9,12,27H,5,10-11,13-14,26H2,1H3,(H,28,32,33). The summed E-state index contributed by atoms with van der Waals surface area (Å²) in [6.07, 6.45) is 0.397. The van der Waals surface area contributed by atoms with Gasteiger partial charge in [0.2, 0.25) is 5.91 Å². The highest BCUT2D eigenvalue weighted by molar-refractivity contribution is 6.30. The number of H-pyrrole nitrogens is 1. The summed E-state index contributed by atoms with van der Waals surface area (Å²) in [5, 5.41) is 2.93.